The minimum Gasteiger partial charge on any atom is -0.452 e. The monoisotopic (exact) mass is 1370 g/mol. The smallest absolute Gasteiger partial charge is 0.213 e. The largest absolute Gasteiger partial charge is 0.452 e. The zero-order valence-corrected chi connectivity index (χ0v) is 65.5. The van der Waals surface area contributed by atoms with Crippen molar-refractivity contribution in [1.29, 1.82) is 0 Å². The standard InChI is InChI=1S/C5H5N.C4H4N2.10C4H10.C3H3N3.C3H4N2.C3H3NO.C3H3NS.2C2H2N2O.2C2H2N2S.CH4/c1-2-4-6-5-3-1;1-2-5-4-6-3-1;10*1-4(2)3;1-4-2-6-3-5-1;3*1-2-5-3-4-1;1-3-4-2-5-1;1-3-2-5-4-1;1-3-4-2-5-1;1-3-2-5-4-1;/h1-5H;1-4H;10*4H,1-3H3;1-3H;1-3H,(H,4,5);2*1-3H;4*1-2H;1H4. The summed E-state index contributed by atoms with van der Waals surface area (Å²) in [5, 5.41) is 18.8. The van der Waals surface area contributed by atoms with Gasteiger partial charge < -0.3 is 18.3 Å². The summed E-state index contributed by atoms with van der Waals surface area (Å²) in [4.78, 5) is 42.6. The predicted octanol–water partition coefficient (Wildman–Crippen LogP) is 22.1. The molecule has 0 radical (unpaired) electrons. The van der Waals surface area contributed by atoms with E-state index in [1.807, 2.05) is 23.6 Å². The quantitative estimate of drug-likeness (QED) is 0.148. The van der Waals surface area contributed by atoms with Crippen molar-refractivity contribution < 1.29 is 13.4 Å². The molecule has 0 unspecified atom stereocenters. The van der Waals surface area contributed by atoms with E-state index in [0.717, 1.165) is 59.2 Å². The van der Waals surface area contributed by atoms with E-state index >= 15 is 0 Å². The Labute approximate surface area is 585 Å². The molecular weight excluding hydrogens is 1240 g/mol. The molecule has 0 saturated heterocycles. The highest BCUT2D eigenvalue weighted by Crippen LogP contribution is 1.87. The molecule has 0 aliphatic carbocycles. The minimum absolute atomic E-state index is 0. The molecule has 1 N–H and O–H groups in total. The Hall–Kier alpha value is -7.31. The van der Waals surface area contributed by atoms with Crippen LogP contribution in [0.4, 0.5) is 0 Å². The van der Waals surface area contributed by atoms with Gasteiger partial charge in [-0.05, 0) is 88.9 Å². The van der Waals surface area contributed by atoms with Gasteiger partial charge in [0.2, 0.25) is 19.2 Å². The van der Waals surface area contributed by atoms with E-state index in [-0.39, 0.29) is 7.43 Å². The molecule has 21 nitrogen and oxygen atoms in total. The van der Waals surface area contributed by atoms with Crippen LogP contribution < -0.4 is 0 Å². The minimum atomic E-state index is 0. The van der Waals surface area contributed by atoms with Gasteiger partial charge in [-0.15, -0.1) is 43.1 Å². The van der Waals surface area contributed by atoms with Crippen LogP contribution in [0.5, 0.6) is 0 Å². The molecule has 0 bridgehead atoms. The molecule has 0 amide bonds. The molecule has 0 fully saturated rings. The summed E-state index contributed by atoms with van der Waals surface area (Å²) in [6.45, 7) is 65.0. The second kappa shape index (κ2) is 107. The summed E-state index contributed by atoms with van der Waals surface area (Å²) in [5.74, 6) is 8.33. The lowest BCUT2D eigenvalue weighted by Crippen LogP contribution is -1.73. The highest BCUT2D eigenvalue weighted by atomic mass is 32.1. The molecule has 24 heteroatoms. The third kappa shape index (κ3) is 284. The highest BCUT2D eigenvalue weighted by Gasteiger charge is 1.73. The number of imidazole rings is 1. The summed E-state index contributed by atoms with van der Waals surface area (Å²) in [6, 6.07) is 7.49. The number of H-pyrrole nitrogens is 1. The second-order valence-electron chi connectivity index (χ2n) is 24.5. The number of thiazole rings is 1. The number of oxazole rings is 1. The van der Waals surface area contributed by atoms with Crippen molar-refractivity contribution in [2.45, 2.75) is 215 Å². The summed E-state index contributed by atoms with van der Waals surface area (Å²) in [6.07, 6.45) is 30.7. The normalized spacial score (nSPS) is 8.34. The fourth-order valence-electron chi connectivity index (χ4n) is 1.88. The van der Waals surface area contributed by atoms with E-state index in [0.29, 0.717) is 0 Å². The molecule has 0 aliphatic heterocycles. The Bertz CT molecular complexity index is 1680. The molecule has 10 heterocycles. The predicted molar refractivity (Wildman–Crippen MR) is 404 cm³/mol. The summed E-state index contributed by atoms with van der Waals surface area (Å²) in [7, 11) is 0. The number of rotatable bonds is 0. The van der Waals surface area contributed by atoms with Gasteiger partial charge in [0.25, 0.3) is 0 Å². The van der Waals surface area contributed by atoms with Crippen molar-refractivity contribution in [3.8, 4) is 0 Å². The summed E-state index contributed by atoms with van der Waals surface area (Å²) < 4.78 is 16.7. The number of hydrogen-bond donors (Lipinski definition) is 1. The van der Waals surface area contributed by atoms with E-state index in [2.05, 4.69) is 311 Å². The number of nitrogens with zero attached hydrogens (tertiary/aromatic N) is 17. The van der Waals surface area contributed by atoms with Gasteiger partial charge >= 0.3 is 0 Å². The van der Waals surface area contributed by atoms with Gasteiger partial charge in [-0.1, -0.05) is 226 Å². The molecule has 94 heavy (non-hydrogen) atoms. The summed E-state index contributed by atoms with van der Waals surface area (Å²) in [5.41, 5.74) is 6.83. The first-order valence-corrected chi connectivity index (χ1v) is 34.0. The van der Waals surface area contributed by atoms with E-state index in [1.165, 1.54) is 92.7 Å². The fourth-order valence-corrected chi connectivity index (χ4v) is 2.78. The van der Waals surface area contributed by atoms with Crippen molar-refractivity contribution in [3.05, 3.63) is 177 Å². The Morgan fingerprint density at radius 3 is 0.819 bits per heavy atom. The van der Waals surface area contributed by atoms with Crippen LogP contribution in [0.15, 0.2) is 191 Å². The van der Waals surface area contributed by atoms with Gasteiger partial charge in [-0.3, -0.25) is 9.97 Å². The maximum Gasteiger partial charge on any atom is 0.213 e. The van der Waals surface area contributed by atoms with Crippen molar-refractivity contribution in [3.63, 3.8) is 0 Å². The van der Waals surface area contributed by atoms with Crippen molar-refractivity contribution >= 4 is 34.2 Å². The SMILES string of the molecule is C.CC(C)C.CC(C)C.CC(C)C.CC(C)C.CC(C)C.CC(C)C.CC(C)C.CC(C)C.CC(C)C.CC(C)C.c1c[nH]cn1.c1ccncc1.c1cncnc1.c1cocn1.c1cscn1.c1ncncn1.c1ncon1.c1ncsn1.c1nnco1.c1nncs1. The lowest BCUT2D eigenvalue weighted by atomic mass is 10.3. The second-order valence-corrected chi connectivity index (χ2v) is 26.6. The van der Waals surface area contributed by atoms with Gasteiger partial charge in [-0.2, -0.15) is 4.37 Å². The Morgan fingerprint density at radius 1 is 0.298 bits per heavy atom. The van der Waals surface area contributed by atoms with Crippen LogP contribution in [0.1, 0.15) is 215 Å². The zero-order valence-electron chi connectivity index (χ0n) is 63.1. The van der Waals surface area contributed by atoms with Gasteiger partial charge in [0.05, 0.1) is 18.0 Å². The zero-order chi connectivity index (χ0) is 73.3. The average molecular weight is 1370 g/mol. The molecule has 10 rings (SSSR count). The van der Waals surface area contributed by atoms with Crippen LogP contribution in [-0.2, 0) is 0 Å². The Morgan fingerprint density at radius 2 is 0.713 bits per heavy atom. The van der Waals surface area contributed by atoms with Crippen molar-refractivity contribution in [2.24, 2.45) is 59.2 Å². The van der Waals surface area contributed by atoms with Crippen LogP contribution in [-0.4, -0.2) is 89.7 Å². The third-order valence-corrected chi connectivity index (χ3v) is 5.06. The molecule has 0 atom stereocenters. The first-order chi connectivity index (χ1) is 43.8. The van der Waals surface area contributed by atoms with Gasteiger partial charge in [0.15, 0.2) is 12.7 Å². The molecule has 0 saturated carbocycles. The molecule has 0 spiro atoms. The van der Waals surface area contributed by atoms with Gasteiger partial charge in [0, 0.05) is 48.8 Å². The highest BCUT2D eigenvalue weighted by molar-refractivity contribution is 7.07. The first kappa shape index (κ1) is 111. The molecule has 0 aromatic carbocycles. The molecular formula is C70H134N18O3S3. The van der Waals surface area contributed by atoms with Crippen LogP contribution >= 0.6 is 34.2 Å². The molecule has 10 aromatic rings. The third-order valence-electron chi connectivity index (χ3n) is 3.68. The lowest BCUT2D eigenvalue weighted by Gasteiger charge is -1.79. The summed E-state index contributed by atoms with van der Waals surface area (Å²) >= 11 is 4.44. The van der Waals surface area contributed by atoms with E-state index in [1.54, 1.807) is 95.3 Å². The van der Waals surface area contributed by atoms with E-state index in [4.69, 9.17) is 0 Å². The maximum absolute atomic E-state index is 4.47. The van der Waals surface area contributed by atoms with Crippen molar-refractivity contribution in [1.82, 2.24) is 89.7 Å². The van der Waals surface area contributed by atoms with Crippen LogP contribution in [0.3, 0.4) is 0 Å². The maximum atomic E-state index is 4.47. The van der Waals surface area contributed by atoms with E-state index < -0.39 is 0 Å². The number of pyridine rings is 1. The average Bonchev–Trinajstić information content (AvgIpc) is 4.38. The van der Waals surface area contributed by atoms with Crippen molar-refractivity contribution in [2.75, 3.05) is 0 Å². The van der Waals surface area contributed by atoms with Crippen LogP contribution in [0, 0.1) is 59.2 Å². The topological polar surface area (TPSA) is 274 Å². The number of hydrogen-bond acceptors (Lipinski definition) is 23. The lowest BCUT2D eigenvalue weighted by molar-refractivity contribution is 0.416. The molecule has 540 valence electrons. The Kier molecular flexibility index (Phi) is 127. The molecule has 0 aliphatic rings. The number of nitrogens with one attached hydrogen (secondary N) is 1. The first-order valence-electron chi connectivity index (χ1n) is 31.2. The van der Waals surface area contributed by atoms with E-state index in [9.17, 15) is 0 Å². The Balaban J connectivity index is -0.0000000859. The number of aromatic nitrogens is 18. The number of aromatic amines is 1. The molecule has 10 aromatic heterocycles. The van der Waals surface area contributed by atoms with Gasteiger partial charge in [-0.25, -0.2) is 44.9 Å². The van der Waals surface area contributed by atoms with Crippen LogP contribution in [0.2, 0.25) is 0 Å². The van der Waals surface area contributed by atoms with Crippen LogP contribution in [0.25, 0.3) is 0 Å². The van der Waals surface area contributed by atoms with Gasteiger partial charge in [0.1, 0.15) is 54.4 Å². The fraction of sp³-hybridized carbons (Fsp3) is 0.586.